The van der Waals surface area contributed by atoms with Crippen molar-refractivity contribution >= 4 is 12.6 Å². The first kappa shape index (κ1) is 13.0. The SMILES string of the molecule is COc1cc(CC(C)S)cc(OC)c1OC. The monoisotopic (exact) mass is 242 g/mol. The van der Waals surface area contributed by atoms with E-state index in [-0.39, 0.29) is 0 Å². The number of hydrogen-bond acceptors (Lipinski definition) is 4. The van der Waals surface area contributed by atoms with E-state index in [1.807, 2.05) is 19.1 Å². The molecule has 1 rings (SSSR count). The van der Waals surface area contributed by atoms with E-state index in [4.69, 9.17) is 14.2 Å². The van der Waals surface area contributed by atoms with Crippen LogP contribution in [0, 0.1) is 0 Å². The van der Waals surface area contributed by atoms with E-state index in [1.54, 1.807) is 21.3 Å². The quantitative estimate of drug-likeness (QED) is 0.804. The van der Waals surface area contributed by atoms with Crippen LogP contribution in [0.1, 0.15) is 12.5 Å². The van der Waals surface area contributed by atoms with E-state index in [0.717, 1.165) is 12.0 Å². The highest BCUT2D eigenvalue weighted by atomic mass is 32.1. The molecule has 1 atom stereocenters. The van der Waals surface area contributed by atoms with E-state index in [1.165, 1.54) is 0 Å². The predicted octanol–water partition coefficient (Wildman–Crippen LogP) is 2.57. The summed E-state index contributed by atoms with van der Waals surface area (Å²) in [6.07, 6.45) is 0.861. The molecule has 0 saturated carbocycles. The fraction of sp³-hybridized carbons (Fsp3) is 0.500. The molecule has 0 amide bonds. The van der Waals surface area contributed by atoms with Crippen molar-refractivity contribution in [3.05, 3.63) is 17.7 Å². The van der Waals surface area contributed by atoms with Crippen LogP contribution in [0.2, 0.25) is 0 Å². The largest absolute Gasteiger partial charge is 0.493 e. The Bertz CT molecular complexity index is 325. The summed E-state index contributed by atoms with van der Waals surface area (Å²) in [7, 11) is 4.83. The van der Waals surface area contributed by atoms with E-state index >= 15 is 0 Å². The molecule has 0 saturated heterocycles. The summed E-state index contributed by atoms with van der Waals surface area (Å²) in [5.74, 6) is 2.00. The maximum absolute atomic E-state index is 5.27. The maximum Gasteiger partial charge on any atom is 0.203 e. The Hall–Kier alpha value is -1.03. The second-order valence-corrected chi connectivity index (χ2v) is 4.47. The molecule has 0 N–H and O–H groups in total. The van der Waals surface area contributed by atoms with Crippen molar-refractivity contribution < 1.29 is 14.2 Å². The lowest BCUT2D eigenvalue weighted by atomic mass is 10.1. The molecule has 0 fully saturated rings. The van der Waals surface area contributed by atoms with Crippen LogP contribution in [0.4, 0.5) is 0 Å². The first-order valence-corrected chi connectivity index (χ1v) is 5.61. The molecule has 4 heteroatoms. The Labute approximate surface area is 102 Å². The van der Waals surface area contributed by atoms with Gasteiger partial charge in [-0.15, -0.1) is 0 Å². The maximum atomic E-state index is 5.27. The van der Waals surface area contributed by atoms with E-state index in [0.29, 0.717) is 22.5 Å². The average Bonchev–Trinajstić information content (AvgIpc) is 2.26. The molecule has 0 aliphatic rings. The molecule has 1 unspecified atom stereocenters. The van der Waals surface area contributed by atoms with Crippen LogP contribution in [0.5, 0.6) is 17.2 Å². The van der Waals surface area contributed by atoms with Gasteiger partial charge < -0.3 is 14.2 Å². The molecule has 16 heavy (non-hydrogen) atoms. The van der Waals surface area contributed by atoms with Crippen molar-refractivity contribution in [1.29, 1.82) is 0 Å². The topological polar surface area (TPSA) is 27.7 Å². The van der Waals surface area contributed by atoms with Gasteiger partial charge in [0.25, 0.3) is 0 Å². The summed E-state index contributed by atoms with van der Waals surface area (Å²) in [4.78, 5) is 0. The molecule has 0 aliphatic heterocycles. The van der Waals surface area contributed by atoms with Crippen molar-refractivity contribution in [3.63, 3.8) is 0 Å². The van der Waals surface area contributed by atoms with Gasteiger partial charge in [0, 0.05) is 5.25 Å². The van der Waals surface area contributed by atoms with Gasteiger partial charge in [-0.1, -0.05) is 6.92 Å². The molecule has 90 valence electrons. The highest BCUT2D eigenvalue weighted by molar-refractivity contribution is 7.80. The fourth-order valence-corrected chi connectivity index (χ4v) is 1.81. The molecule has 0 bridgehead atoms. The minimum atomic E-state index is 0.294. The van der Waals surface area contributed by atoms with Gasteiger partial charge in [0.05, 0.1) is 21.3 Å². The summed E-state index contributed by atoms with van der Waals surface area (Å²) < 4.78 is 15.8. The highest BCUT2D eigenvalue weighted by Crippen LogP contribution is 2.38. The zero-order valence-electron chi connectivity index (χ0n) is 10.1. The summed E-state index contributed by atoms with van der Waals surface area (Å²) in [6, 6.07) is 3.90. The molecule has 1 aromatic carbocycles. The van der Waals surface area contributed by atoms with Crippen LogP contribution < -0.4 is 14.2 Å². The van der Waals surface area contributed by atoms with Crippen LogP contribution in [-0.2, 0) is 6.42 Å². The number of hydrogen-bond donors (Lipinski definition) is 1. The number of ether oxygens (including phenoxy) is 3. The second kappa shape index (κ2) is 5.89. The Morgan fingerprint density at radius 3 is 1.88 bits per heavy atom. The second-order valence-electron chi connectivity index (χ2n) is 3.59. The van der Waals surface area contributed by atoms with E-state index in [2.05, 4.69) is 12.6 Å². The minimum Gasteiger partial charge on any atom is -0.493 e. The number of methoxy groups -OCH3 is 3. The summed E-state index contributed by atoms with van der Waals surface area (Å²) >= 11 is 4.37. The Kier molecular flexibility index (Phi) is 4.80. The van der Waals surface area contributed by atoms with Crippen LogP contribution in [0.3, 0.4) is 0 Å². The number of rotatable bonds is 5. The summed E-state index contributed by atoms with van der Waals surface area (Å²) in [6.45, 7) is 2.05. The first-order chi connectivity index (χ1) is 7.62. The fourth-order valence-electron chi connectivity index (χ4n) is 1.59. The molecular formula is C12H18O3S. The van der Waals surface area contributed by atoms with Gasteiger partial charge in [-0.05, 0) is 24.1 Å². The van der Waals surface area contributed by atoms with E-state index < -0.39 is 0 Å². The van der Waals surface area contributed by atoms with Crippen LogP contribution in [0.25, 0.3) is 0 Å². The lowest BCUT2D eigenvalue weighted by Gasteiger charge is -2.14. The third-order valence-electron chi connectivity index (χ3n) is 2.26. The molecule has 3 nitrogen and oxygen atoms in total. The van der Waals surface area contributed by atoms with Gasteiger partial charge in [0.15, 0.2) is 11.5 Å². The van der Waals surface area contributed by atoms with Gasteiger partial charge in [-0.2, -0.15) is 12.6 Å². The Morgan fingerprint density at radius 1 is 1.06 bits per heavy atom. The van der Waals surface area contributed by atoms with Crippen molar-refractivity contribution in [1.82, 2.24) is 0 Å². The van der Waals surface area contributed by atoms with Gasteiger partial charge in [-0.3, -0.25) is 0 Å². The highest BCUT2D eigenvalue weighted by Gasteiger charge is 2.13. The lowest BCUT2D eigenvalue weighted by Crippen LogP contribution is -2.01. The average molecular weight is 242 g/mol. The molecule has 0 heterocycles. The zero-order valence-corrected chi connectivity index (χ0v) is 11.0. The van der Waals surface area contributed by atoms with Crippen molar-refractivity contribution in [3.8, 4) is 17.2 Å². The van der Waals surface area contributed by atoms with Crippen molar-refractivity contribution in [2.45, 2.75) is 18.6 Å². The van der Waals surface area contributed by atoms with Gasteiger partial charge in [-0.25, -0.2) is 0 Å². The minimum absolute atomic E-state index is 0.294. The lowest BCUT2D eigenvalue weighted by molar-refractivity contribution is 0.324. The number of thiol groups is 1. The third kappa shape index (κ3) is 2.98. The Morgan fingerprint density at radius 2 is 1.56 bits per heavy atom. The molecular weight excluding hydrogens is 224 g/mol. The van der Waals surface area contributed by atoms with Crippen LogP contribution in [-0.4, -0.2) is 26.6 Å². The molecule has 0 aromatic heterocycles. The summed E-state index contributed by atoms with van der Waals surface area (Å²) in [5, 5.41) is 0.294. The summed E-state index contributed by atoms with van der Waals surface area (Å²) in [5.41, 5.74) is 1.12. The predicted molar refractivity (Wildman–Crippen MR) is 68.3 cm³/mol. The molecule has 1 aromatic rings. The van der Waals surface area contributed by atoms with Gasteiger partial charge in [0.2, 0.25) is 5.75 Å². The molecule has 0 radical (unpaired) electrons. The Balaban J connectivity index is 3.15. The normalized spacial score (nSPS) is 12.1. The molecule has 0 spiro atoms. The van der Waals surface area contributed by atoms with E-state index in [9.17, 15) is 0 Å². The van der Waals surface area contributed by atoms with Crippen LogP contribution in [0.15, 0.2) is 12.1 Å². The van der Waals surface area contributed by atoms with Crippen molar-refractivity contribution in [2.75, 3.05) is 21.3 Å². The van der Waals surface area contributed by atoms with Gasteiger partial charge in [0.1, 0.15) is 0 Å². The molecule has 0 aliphatic carbocycles. The smallest absolute Gasteiger partial charge is 0.203 e. The first-order valence-electron chi connectivity index (χ1n) is 5.09. The third-order valence-corrected chi connectivity index (χ3v) is 2.44. The zero-order chi connectivity index (χ0) is 12.1. The van der Waals surface area contributed by atoms with Crippen LogP contribution >= 0.6 is 12.6 Å². The van der Waals surface area contributed by atoms with Crippen molar-refractivity contribution in [2.24, 2.45) is 0 Å². The standard InChI is InChI=1S/C12H18O3S/c1-8(16)5-9-6-10(13-2)12(15-4)11(7-9)14-3/h6-8,16H,5H2,1-4H3. The number of benzene rings is 1. The van der Waals surface area contributed by atoms with Gasteiger partial charge >= 0.3 is 0 Å².